The first kappa shape index (κ1) is 9.86. The van der Waals surface area contributed by atoms with E-state index in [-0.39, 0.29) is 18.3 Å². The molecule has 1 rings (SSSR count). The fraction of sp³-hybridized carbons (Fsp3) is 0.300. The third kappa shape index (κ3) is 2.63. The van der Waals surface area contributed by atoms with E-state index in [4.69, 9.17) is 5.73 Å². The molecule has 1 aromatic carbocycles. The molecule has 70 valence electrons. The molecule has 1 unspecified atom stereocenters. The number of rotatable bonds is 4. The summed E-state index contributed by atoms with van der Waals surface area (Å²) in [4.78, 5) is 10.4. The summed E-state index contributed by atoms with van der Waals surface area (Å²) in [6.45, 7) is 0.262. The monoisotopic (exact) mass is 181 g/mol. The third-order valence-corrected chi connectivity index (χ3v) is 1.94. The van der Waals surface area contributed by atoms with E-state index in [1.807, 2.05) is 0 Å². The van der Waals surface area contributed by atoms with E-state index in [2.05, 4.69) is 0 Å². The summed E-state index contributed by atoms with van der Waals surface area (Å²) in [6, 6.07) is 6.42. The lowest BCUT2D eigenvalue weighted by atomic mass is 10.0. The second-order valence-electron chi connectivity index (χ2n) is 2.93. The van der Waals surface area contributed by atoms with Crippen molar-refractivity contribution in [1.29, 1.82) is 0 Å². The van der Waals surface area contributed by atoms with E-state index >= 15 is 0 Å². The minimum Gasteiger partial charge on any atom is -0.330 e. The molecule has 0 saturated carbocycles. The molecule has 0 amide bonds. The van der Waals surface area contributed by atoms with Crippen molar-refractivity contribution in [1.82, 2.24) is 0 Å². The summed E-state index contributed by atoms with van der Waals surface area (Å²) in [5, 5.41) is 0. The standard InChI is InChI=1S/C10H12FNO/c11-10-4-2-1-3-9(10)5-8(6-12)7-13/h1-4,7-8H,5-6,12H2. The van der Waals surface area contributed by atoms with Gasteiger partial charge in [-0.2, -0.15) is 0 Å². The molecule has 3 heteroatoms. The van der Waals surface area contributed by atoms with Crippen LogP contribution in [0.15, 0.2) is 24.3 Å². The Labute approximate surface area is 76.6 Å². The van der Waals surface area contributed by atoms with Gasteiger partial charge in [-0.25, -0.2) is 4.39 Å². The van der Waals surface area contributed by atoms with E-state index in [0.29, 0.717) is 12.0 Å². The molecular weight excluding hydrogens is 169 g/mol. The Bertz CT molecular complexity index is 288. The predicted octanol–water partition coefficient (Wildman–Crippen LogP) is 1.14. The average molecular weight is 181 g/mol. The smallest absolute Gasteiger partial charge is 0.126 e. The average Bonchev–Trinajstić information content (AvgIpc) is 2.17. The zero-order chi connectivity index (χ0) is 9.68. The molecule has 2 N–H and O–H groups in total. The van der Waals surface area contributed by atoms with Gasteiger partial charge in [0.05, 0.1) is 0 Å². The van der Waals surface area contributed by atoms with Crippen molar-refractivity contribution in [2.45, 2.75) is 6.42 Å². The molecule has 0 bridgehead atoms. The van der Waals surface area contributed by atoms with Crippen molar-refractivity contribution in [3.8, 4) is 0 Å². The molecule has 2 nitrogen and oxygen atoms in total. The lowest BCUT2D eigenvalue weighted by Crippen LogP contribution is -2.18. The van der Waals surface area contributed by atoms with Crippen molar-refractivity contribution in [2.24, 2.45) is 11.7 Å². The van der Waals surface area contributed by atoms with Crippen LogP contribution in [-0.4, -0.2) is 12.8 Å². The van der Waals surface area contributed by atoms with E-state index in [0.717, 1.165) is 6.29 Å². The number of carbonyl (C=O) groups excluding carboxylic acids is 1. The van der Waals surface area contributed by atoms with Crippen molar-refractivity contribution >= 4 is 6.29 Å². The Morgan fingerprint density at radius 1 is 1.46 bits per heavy atom. The van der Waals surface area contributed by atoms with Crippen LogP contribution < -0.4 is 5.73 Å². The minimum absolute atomic E-state index is 0.262. The lowest BCUT2D eigenvalue weighted by Gasteiger charge is -2.07. The highest BCUT2D eigenvalue weighted by Crippen LogP contribution is 2.10. The van der Waals surface area contributed by atoms with Crippen LogP contribution in [0.2, 0.25) is 0 Å². The van der Waals surface area contributed by atoms with E-state index in [9.17, 15) is 9.18 Å². The molecule has 0 fully saturated rings. The molecule has 0 radical (unpaired) electrons. The zero-order valence-corrected chi connectivity index (χ0v) is 7.24. The van der Waals surface area contributed by atoms with Crippen LogP contribution in [0, 0.1) is 11.7 Å². The molecule has 13 heavy (non-hydrogen) atoms. The van der Waals surface area contributed by atoms with Crippen molar-refractivity contribution in [3.05, 3.63) is 35.6 Å². The summed E-state index contributed by atoms with van der Waals surface area (Å²) >= 11 is 0. The molecule has 0 aliphatic carbocycles. The molecule has 0 heterocycles. The maximum Gasteiger partial charge on any atom is 0.126 e. The van der Waals surface area contributed by atoms with Gasteiger partial charge < -0.3 is 10.5 Å². The highest BCUT2D eigenvalue weighted by molar-refractivity contribution is 5.54. The summed E-state index contributed by atoms with van der Waals surface area (Å²) in [5.41, 5.74) is 5.87. The number of nitrogens with two attached hydrogens (primary N) is 1. The van der Waals surface area contributed by atoms with E-state index in [1.54, 1.807) is 18.2 Å². The van der Waals surface area contributed by atoms with Crippen LogP contribution in [0.1, 0.15) is 5.56 Å². The van der Waals surface area contributed by atoms with Crippen LogP contribution in [0.25, 0.3) is 0 Å². The van der Waals surface area contributed by atoms with Crippen molar-refractivity contribution < 1.29 is 9.18 Å². The number of benzene rings is 1. The maximum atomic E-state index is 13.1. The van der Waals surface area contributed by atoms with Crippen LogP contribution in [0.4, 0.5) is 4.39 Å². The van der Waals surface area contributed by atoms with Gasteiger partial charge in [-0.05, 0) is 18.1 Å². The van der Waals surface area contributed by atoms with Gasteiger partial charge in [-0.15, -0.1) is 0 Å². The topological polar surface area (TPSA) is 43.1 Å². The van der Waals surface area contributed by atoms with E-state index in [1.165, 1.54) is 6.07 Å². The number of halogens is 1. The van der Waals surface area contributed by atoms with Gasteiger partial charge in [-0.3, -0.25) is 0 Å². The van der Waals surface area contributed by atoms with Gasteiger partial charge in [0.2, 0.25) is 0 Å². The first-order valence-corrected chi connectivity index (χ1v) is 4.16. The molecule has 0 aromatic heterocycles. The van der Waals surface area contributed by atoms with Gasteiger partial charge >= 0.3 is 0 Å². The Morgan fingerprint density at radius 3 is 2.69 bits per heavy atom. The summed E-state index contributed by atoms with van der Waals surface area (Å²) in [6.07, 6.45) is 1.15. The minimum atomic E-state index is -0.281. The van der Waals surface area contributed by atoms with Crippen LogP contribution in [-0.2, 0) is 11.2 Å². The molecule has 1 aromatic rings. The van der Waals surface area contributed by atoms with Crippen molar-refractivity contribution in [3.63, 3.8) is 0 Å². The number of hydrogen-bond donors (Lipinski definition) is 1. The first-order valence-electron chi connectivity index (χ1n) is 4.16. The second-order valence-corrected chi connectivity index (χ2v) is 2.93. The summed E-state index contributed by atoms with van der Waals surface area (Å²) < 4.78 is 13.1. The Morgan fingerprint density at radius 2 is 2.15 bits per heavy atom. The SMILES string of the molecule is NCC(C=O)Cc1ccccc1F. The number of hydrogen-bond acceptors (Lipinski definition) is 2. The maximum absolute atomic E-state index is 13.1. The van der Waals surface area contributed by atoms with Crippen LogP contribution in [0.5, 0.6) is 0 Å². The molecule has 0 aliphatic heterocycles. The molecule has 0 saturated heterocycles. The fourth-order valence-electron chi connectivity index (χ4n) is 1.13. The highest BCUT2D eigenvalue weighted by Gasteiger charge is 2.08. The number of aldehydes is 1. The quantitative estimate of drug-likeness (QED) is 0.708. The van der Waals surface area contributed by atoms with Gasteiger partial charge in [-0.1, -0.05) is 18.2 Å². The normalized spacial score (nSPS) is 12.5. The van der Waals surface area contributed by atoms with Crippen LogP contribution in [0.3, 0.4) is 0 Å². The molecule has 1 atom stereocenters. The second kappa shape index (κ2) is 4.72. The third-order valence-electron chi connectivity index (χ3n) is 1.94. The largest absolute Gasteiger partial charge is 0.330 e. The molecule has 0 aliphatic rings. The summed E-state index contributed by atoms with van der Waals surface area (Å²) in [5.74, 6) is -0.556. The Balaban J connectivity index is 2.73. The lowest BCUT2D eigenvalue weighted by molar-refractivity contribution is -0.110. The molecular formula is C10H12FNO. The summed E-state index contributed by atoms with van der Waals surface area (Å²) in [7, 11) is 0. The van der Waals surface area contributed by atoms with Gasteiger partial charge in [0, 0.05) is 12.5 Å². The Hall–Kier alpha value is -1.22. The van der Waals surface area contributed by atoms with E-state index < -0.39 is 0 Å². The Kier molecular flexibility index (Phi) is 3.58. The van der Waals surface area contributed by atoms with Crippen molar-refractivity contribution in [2.75, 3.05) is 6.54 Å². The predicted molar refractivity (Wildman–Crippen MR) is 48.7 cm³/mol. The van der Waals surface area contributed by atoms with Gasteiger partial charge in [0.15, 0.2) is 0 Å². The molecule has 0 spiro atoms. The zero-order valence-electron chi connectivity index (χ0n) is 7.24. The number of carbonyl (C=O) groups is 1. The first-order chi connectivity index (χ1) is 6.27. The highest BCUT2D eigenvalue weighted by atomic mass is 19.1. The van der Waals surface area contributed by atoms with Gasteiger partial charge in [0.25, 0.3) is 0 Å². The fourth-order valence-corrected chi connectivity index (χ4v) is 1.13. The van der Waals surface area contributed by atoms with Gasteiger partial charge in [0.1, 0.15) is 12.1 Å². The van der Waals surface area contributed by atoms with Crippen LogP contribution >= 0.6 is 0 Å².